The molecule has 0 radical (unpaired) electrons. The number of hydrogen-bond acceptors (Lipinski definition) is 5. The van der Waals surface area contributed by atoms with E-state index in [0.29, 0.717) is 19.0 Å². The van der Waals surface area contributed by atoms with Gasteiger partial charge < -0.3 is 30.4 Å². The van der Waals surface area contributed by atoms with E-state index in [1.165, 1.54) is 5.56 Å². The highest BCUT2D eigenvalue weighted by Gasteiger charge is 2.38. The Morgan fingerprint density at radius 1 is 0.907 bits per heavy atom. The minimum atomic E-state index is -5.08. The van der Waals surface area contributed by atoms with E-state index in [0.717, 1.165) is 50.9 Å². The fraction of sp³-hybridized carbons (Fsp3) is 0.467. The number of nitrogens with zero attached hydrogens (tertiary/aromatic N) is 2. The minimum Gasteiger partial charge on any atom is -0.481 e. The van der Waals surface area contributed by atoms with Crippen molar-refractivity contribution in [2.45, 2.75) is 57.3 Å². The number of carboxylic acids is 3. The molecule has 1 aliphatic rings. The summed E-state index contributed by atoms with van der Waals surface area (Å²) in [7, 11) is 0. The molecule has 2 aromatic rings. The molecule has 0 bridgehead atoms. The lowest BCUT2D eigenvalue weighted by atomic mass is 9.90. The van der Waals surface area contributed by atoms with Crippen LogP contribution in [0.1, 0.15) is 43.2 Å². The molecule has 0 unspecified atom stereocenters. The van der Waals surface area contributed by atoms with Crippen LogP contribution >= 0.6 is 0 Å². The third-order valence-electron chi connectivity index (χ3n) is 6.97. The second-order valence-electron chi connectivity index (χ2n) is 10.3. The molecule has 236 valence electrons. The molecule has 2 aromatic carbocycles. The summed E-state index contributed by atoms with van der Waals surface area (Å²) in [5.41, 5.74) is 2.34. The Balaban J connectivity index is 0.000000821. The largest absolute Gasteiger partial charge is 0.490 e. The first-order valence-corrected chi connectivity index (χ1v) is 14.0. The quantitative estimate of drug-likeness (QED) is 0.260. The van der Waals surface area contributed by atoms with Gasteiger partial charge in [0.15, 0.2) is 0 Å². The average Bonchev–Trinajstić information content (AvgIpc) is 2.96. The first-order valence-electron chi connectivity index (χ1n) is 14.0. The van der Waals surface area contributed by atoms with Crippen molar-refractivity contribution in [2.75, 3.05) is 26.2 Å². The van der Waals surface area contributed by atoms with E-state index in [9.17, 15) is 32.7 Å². The summed E-state index contributed by atoms with van der Waals surface area (Å²) in [6.45, 7) is 3.79. The number of rotatable bonds is 13. The van der Waals surface area contributed by atoms with E-state index in [-0.39, 0.29) is 12.8 Å². The van der Waals surface area contributed by atoms with E-state index < -0.39 is 36.2 Å². The maximum atomic E-state index is 13.0. The van der Waals surface area contributed by atoms with Gasteiger partial charge in [0.05, 0.1) is 0 Å². The van der Waals surface area contributed by atoms with Crippen molar-refractivity contribution in [3.05, 3.63) is 71.8 Å². The summed E-state index contributed by atoms with van der Waals surface area (Å²) in [5.74, 6) is -4.39. The lowest BCUT2D eigenvalue weighted by Gasteiger charge is -2.33. The molecule has 0 spiro atoms. The van der Waals surface area contributed by atoms with Gasteiger partial charge in [0.2, 0.25) is 0 Å². The van der Waals surface area contributed by atoms with Crippen molar-refractivity contribution in [1.82, 2.24) is 15.1 Å². The number of urea groups is 1. The Kier molecular flexibility index (Phi) is 14.5. The van der Waals surface area contributed by atoms with Gasteiger partial charge in [0, 0.05) is 19.5 Å². The number of piperidine rings is 1. The van der Waals surface area contributed by atoms with Crippen molar-refractivity contribution in [3.8, 4) is 0 Å². The van der Waals surface area contributed by atoms with E-state index >= 15 is 0 Å². The molecular formula is C30H38F3N3O7. The van der Waals surface area contributed by atoms with Gasteiger partial charge in [-0.2, -0.15) is 13.2 Å². The smallest absolute Gasteiger partial charge is 0.481 e. The predicted octanol–water partition coefficient (Wildman–Crippen LogP) is 4.49. The summed E-state index contributed by atoms with van der Waals surface area (Å²) < 4.78 is 31.7. The van der Waals surface area contributed by atoms with Crippen LogP contribution < -0.4 is 5.32 Å². The first-order chi connectivity index (χ1) is 20.3. The van der Waals surface area contributed by atoms with E-state index in [4.69, 9.17) is 15.0 Å². The number of nitrogens with one attached hydrogen (secondary N) is 1. The number of carbonyl (C=O) groups is 4. The standard InChI is InChI=1S/C28H37N3O5.C2HF3O2/c32-26(33)13-12-25(27(34)35)29-28(36)31(21-24-10-5-2-6-11-24)17-7-16-30-18-14-23(15-19-30)20-22-8-3-1-4-9-22;3-2(4,5)1(6)7/h1-6,8-11,23,25H,7,12-21H2,(H,29,36)(H,32,33)(H,34,35);(H,6,7)/t25-;/m0./s1. The van der Waals surface area contributed by atoms with Crippen LogP contribution in [0, 0.1) is 5.92 Å². The predicted molar refractivity (Wildman–Crippen MR) is 151 cm³/mol. The molecule has 1 saturated heterocycles. The molecule has 10 nitrogen and oxygen atoms in total. The maximum Gasteiger partial charge on any atom is 0.490 e. The van der Waals surface area contributed by atoms with Crippen LogP contribution in [0.2, 0.25) is 0 Å². The molecule has 1 aliphatic heterocycles. The maximum absolute atomic E-state index is 13.0. The van der Waals surface area contributed by atoms with Crippen LogP contribution in [0.4, 0.5) is 18.0 Å². The molecule has 13 heteroatoms. The highest BCUT2D eigenvalue weighted by atomic mass is 19.4. The van der Waals surface area contributed by atoms with Gasteiger partial charge >= 0.3 is 30.1 Å². The van der Waals surface area contributed by atoms with Gasteiger partial charge in [-0.3, -0.25) is 4.79 Å². The summed E-state index contributed by atoms with van der Waals surface area (Å²) in [5, 5.41) is 28.0. The number of likely N-dealkylation sites (tertiary alicyclic amines) is 1. The number of hydrogen-bond donors (Lipinski definition) is 4. The Labute approximate surface area is 248 Å². The van der Waals surface area contributed by atoms with Crippen LogP contribution in [-0.4, -0.2) is 87.5 Å². The monoisotopic (exact) mass is 609 g/mol. The number of carbonyl (C=O) groups excluding carboxylic acids is 1. The molecule has 0 saturated carbocycles. The van der Waals surface area contributed by atoms with E-state index in [1.807, 2.05) is 36.4 Å². The van der Waals surface area contributed by atoms with E-state index in [1.54, 1.807) is 4.90 Å². The molecule has 0 aliphatic carbocycles. The van der Waals surface area contributed by atoms with Crippen LogP contribution in [-0.2, 0) is 27.3 Å². The summed E-state index contributed by atoms with van der Waals surface area (Å²) in [6, 6.07) is 18.4. The number of aliphatic carboxylic acids is 3. The normalized spacial score (nSPS) is 14.6. The summed E-state index contributed by atoms with van der Waals surface area (Å²) >= 11 is 0. The minimum absolute atomic E-state index is 0.159. The zero-order chi connectivity index (χ0) is 31.8. The molecule has 1 fully saturated rings. The third kappa shape index (κ3) is 14.1. The highest BCUT2D eigenvalue weighted by molar-refractivity contribution is 5.83. The third-order valence-corrected chi connectivity index (χ3v) is 6.97. The van der Waals surface area contributed by atoms with Gasteiger partial charge in [-0.05, 0) is 68.8 Å². The molecule has 1 atom stereocenters. The van der Waals surface area contributed by atoms with Crippen LogP contribution in [0.5, 0.6) is 0 Å². The summed E-state index contributed by atoms with van der Waals surface area (Å²) in [4.78, 5) is 48.4. The van der Waals surface area contributed by atoms with Crippen molar-refractivity contribution < 1.29 is 47.7 Å². The Morgan fingerprint density at radius 3 is 1.93 bits per heavy atom. The second kappa shape index (κ2) is 17.7. The summed E-state index contributed by atoms with van der Waals surface area (Å²) in [6.07, 6.45) is -1.35. The molecule has 4 N–H and O–H groups in total. The van der Waals surface area contributed by atoms with Gasteiger partial charge in [0.1, 0.15) is 6.04 Å². The number of benzene rings is 2. The molecule has 43 heavy (non-hydrogen) atoms. The Morgan fingerprint density at radius 2 is 1.44 bits per heavy atom. The van der Waals surface area contributed by atoms with Crippen molar-refractivity contribution >= 4 is 23.9 Å². The Hall–Kier alpha value is -4.13. The van der Waals surface area contributed by atoms with Crippen LogP contribution in [0.3, 0.4) is 0 Å². The van der Waals surface area contributed by atoms with Crippen LogP contribution in [0.25, 0.3) is 0 Å². The molecule has 0 aromatic heterocycles. The van der Waals surface area contributed by atoms with Gasteiger partial charge in [-0.25, -0.2) is 14.4 Å². The number of carboxylic acid groups (broad SMARTS) is 3. The number of halogens is 3. The fourth-order valence-corrected chi connectivity index (χ4v) is 4.67. The van der Waals surface area contributed by atoms with Crippen molar-refractivity contribution in [3.63, 3.8) is 0 Å². The topological polar surface area (TPSA) is 147 Å². The molecule has 1 heterocycles. The SMILES string of the molecule is O=C(O)C(F)(F)F.O=C(O)CC[C@H](NC(=O)N(CCCN1CCC(Cc2ccccc2)CC1)Cc1ccccc1)C(=O)O. The molecule has 3 rings (SSSR count). The first kappa shape index (κ1) is 35.1. The number of alkyl halides is 3. The lowest BCUT2D eigenvalue weighted by Crippen LogP contribution is -2.48. The van der Waals surface area contributed by atoms with Gasteiger partial charge in [-0.1, -0.05) is 60.7 Å². The zero-order valence-electron chi connectivity index (χ0n) is 23.7. The van der Waals surface area contributed by atoms with E-state index in [2.05, 4.69) is 34.5 Å². The lowest BCUT2D eigenvalue weighted by molar-refractivity contribution is -0.192. The van der Waals surface area contributed by atoms with Gasteiger partial charge in [0.25, 0.3) is 0 Å². The molecule has 2 amide bonds. The van der Waals surface area contributed by atoms with Gasteiger partial charge in [-0.15, -0.1) is 0 Å². The van der Waals surface area contributed by atoms with Crippen molar-refractivity contribution in [1.29, 1.82) is 0 Å². The average molecular weight is 610 g/mol. The molecular weight excluding hydrogens is 571 g/mol. The van der Waals surface area contributed by atoms with Crippen LogP contribution in [0.15, 0.2) is 60.7 Å². The van der Waals surface area contributed by atoms with Crippen molar-refractivity contribution in [2.24, 2.45) is 5.92 Å². The zero-order valence-corrected chi connectivity index (χ0v) is 23.7. The highest BCUT2D eigenvalue weighted by Crippen LogP contribution is 2.22. The fourth-order valence-electron chi connectivity index (χ4n) is 4.67. The Bertz CT molecular complexity index is 1160. The second-order valence-corrected chi connectivity index (χ2v) is 10.3. The number of amides is 2.